The van der Waals surface area contributed by atoms with Crippen LogP contribution in [0.25, 0.3) is 0 Å². The van der Waals surface area contributed by atoms with Crippen LogP contribution in [0.15, 0.2) is 24.3 Å². The van der Waals surface area contributed by atoms with E-state index in [0.717, 1.165) is 18.5 Å². The molecule has 0 radical (unpaired) electrons. The first kappa shape index (κ1) is 10.2. The van der Waals surface area contributed by atoms with Crippen molar-refractivity contribution >= 4 is 11.6 Å². The third kappa shape index (κ3) is 1.88. The molecule has 1 aromatic rings. The Morgan fingerprint density at radius 1 is 1.47 bits per heavy atom. The highest BCUT2D eigenvalue weighted by Crippen LogP contribution is 2.26. The van der Waals surface area contributed by atoms with Gasteiger partial charge in [-0.3, -0.25) is 4.79 Å². The van der Waals surface area contributed by atoms with Crippen molar-refractivity contribution in [1.29, 1.82) is 0 Å². The number of rotatable bonds is 1. The molecule has 1 unspecified atom stereocenters. The molecule has 3 heteroatoms. The molecule has 1 aliphatic rings. The maximum Gasteiger partial charge on any atom is 0.255 e. The number of aliphatic hydroxyl groups excluding tert-OH is 1. The van der Waals surface area contributed by atoms with Crippen molar-refractivity contribution in [2.75, 3.05) is 11.4 Å². The summed E-state index contributed by atoms with van der Waals surface area (Å²) in [5, 5.41) is 9.31. The standard InChI is InChI=1S/C12H15NO2/c1-9(14)12(15)13-8-4-6-10-5-2-3-7-11(10)13/h2-3,5,7,9,14H,4,6,8H2,1H3. The number of aryl methyl sites for hydroxylation is 1. The smallest absolute Gasteiger partial charge is 0.255 e. The van der Waals surface area contributed by atoms with Gasteiger partial charge in [0.15, 0.2) is 0 Å². The number of carbonyl (C=O) groups is 1. The van der Waals surface area contributed by atoms with Crippen LogP contribution in [0.4, 0.5) is 5.69 Å². The molecule has 0 bridgehead atoms. The lowest BCUT2D eigenvalue weighted by molar-refractivity contribution is -0.125. The van der Waals surface area contributed by atoms with Gasteiger partial charge in [0.25, 0.3) is 5.91 Å². The number of hydrogen-bond donors (Lipinski definition) is 1. The number of hydrogen-bond acceptors (Lipinski definition) is 2. The normalized spacial score (nSPS) is 17.1. The van der Waals surface area contributed by atoms with E-state index in [-0.39, 0.29) is 5.91 Å². The number of amides is 1. The number of benzene rings is 1. The quantitative estimate of drug-likeness (QED) is 0.751. The van der Waals surface area contributed by atoms with Gasteiger partial charge in [-0.05, 0) is 31.4 Å². The monoisotopic (exact) mass is 205 g/mol. The minimum atomic E-state index is -0.920. The molecule has 15 heavy (non-hydrogen) atoms. The molecule has 1 aromatic carbocycles. The summed E-state index contributed by atoms with van der Waals surface area (Å²) in [4.78, 5) is 13.4. The zero-order chi connectivity index (χ0) is 10.8. The maximum atomic E-state index is 11.7. The van der Waals surface area contributed by atoms with Crippen LogP contribution < -0.4 is 4.90 Å². The van der Waals surface area contributed by atoms with Gasteiger partial charge in [-0.15, -0.1) is 0 Å². The first-order valence-electron chi connectivity index (χ1n) is 5.27. The van der Waals surface area contributed by atoms with Crippen LogP contribution in [0.2, 0.25) is 0 Å². The minimum Gasteiger partial charge on any atom is -0.384 e. The van der Waals surface area contributed by atoms with Gasteiger partial charge in [-0.1, -0.05) is 18.2 Å². The molecule has 1 atom stereocenters. The highest BCUT2D eigenvalue weighted by Gasteiger charge is 2.24. The highest BCUT2D eigenvalue weighted by molar-refractivity contribution is 5.97. The van der Waals surface area contributed by atoms with E-state index in [4.69, 9.17) is 0 Å². The van der Waals surface area contributed by atoms with Gasteiger partial charge in [0.1, 0.15) is 6.10 Å². The SMILES string of the molecule is CC(O)C(=O)N1CCCc2ccccc21. The average Bonchev–Trinajstić information content (AvgIpc) is 2.27. The van der Waals surface area contributed by atoms with E-state index in [1.807, 2.05) is 24.3 Å². The summed E-state index contributed by atoms with van der Waals surface area (Å²) in [7, 11) is 0. The molecule has 2 rings (SSSR count). The first-order valence-corrected chi connectivity index (χ1v) is 5.27. The minimum absolute atomic E-state index is 0.206. The zero-order valence-corrected chi connectivity index (χ0v) is 8.81. The van der Waals surface area contributed by atoms with Gasteiger partial charge in [0.2, 0.25) is 0 Å². The molecule has 0 fully saturated rings. The Kier molecular flexibility index (Phi) is 2.73. The van der Waals surface area contributed by atoms with Gasteiger partial charge in [0.05, 0.1) is 0 Å². The molecule has 80 valence electrons. The van der Waals surface area contributed by atoms with Crippen molar-refractivity contribution in [2.24, 2.45) is 0 Å². The molecular formula is C12H15NO2. The number of fused-ring (bicyclic) bond motifs is 1. The van der Waals surface area contributed by atoms with Crippen LogP contribution in [0.5, 0.6) is 0 Å². The second kappa shape index (κ2) is 4.03. The Labute approximate surface area is 89.3 Å². The van der Waals surface area contributed by atoms with Gasteiger partial charge in [-0.2, -0.15) is 0 Å². The van der Waals surface area contributed by atoms with E-state index >= 15 is 0 Å². The van der Waals surface area contributed by atoms with E-state index in [0.29, 0.717) is 6.54 Å². The third-order valence-electron chi connectivity index (χ3n) is 2.73. The molecule has 0 spiro atoms. The summed E-state index contributed by atoms with van der Waals surface area (Å²) >= 11 is 0. The molecule has 1 amide bonds. The molecule has 0 saturated carbocycles. The van der Waals surface area contributed by atoms with Gasteiger partial charge in [-0.25, -0.2) is 0 Å². The molecular weight excluding hydrogens is 190 g/mol. The molecule has 0 aliphatic carbocycles. The Hall–Kier alpha value is -1.35. The summed E-state index contributed by atoms with van der Waals surface area (Å²) in [6.45, 7) is 2.22. The highest BCUT2D eigenvalue weighted by atomic mass is 16.3. The van der Waals surface area contributed by atoms with E-state index in [1.54, 1.807) is 4.90 Å². The number of anilines is 1. The number of carbonyl (C=O) groups excluding carboxylic acids is 1. The molecule has 1 heterocycles. The van der Waals surface area contributed by atoms with Crippen LogP contribution in [0.3, 0.4) is 0 Å². The van der Waals surface area contributed by atoms with Crippen molar-refractivity contribution in [1.82, 2.24) is 0 Å². The summed E-state index contributed by atoms with van der Waals surface area (Å²) in [6.07, 6.45) is 1.06. The van der Waals surface area contributed by atoms with Crippen molar-refractivity contribution in [2.45, 2.75) is 25.9 Å². The maximum absolute atomic E-state index is 11.7. The van der Waals surface area contributed by atoms with Crippen LogP contribution in [-0.4, -0.2) is 23.7 Å². The molecule has 0 saturated heterocycles. The molecule has 0 aromatic heterocycles. The lowest BCUT2D eigenvalue weighted by Crippen LogP contribution is -2.41. The van der Waals surface area contributed by atoms with Gasteiger partial charge < -0.3 is 10.0 Å². The van der Waals surface area contributed by atoms with Crippen molar-refractivity contribution < 1.29 is 9.90 Å². The average molecular weight is 205 g/mol. The summed E-state index contributed by atoms with van der Waals surface area (Å²) in [5.74, 6) is -0.206. The third-order valence-corrected chi connectivity index (χ3v) is 2.73. The van der Waals surface area contributed by atoms with Crippen LogP contribution in [-0.2, 0) is 11.2 Å². The number of nitrogens with zero attached hydrogens (tertiary/aromatic N) is 1. The fourth-order valence-electron chi connectivity index (χ4n) is 1.99. The topological polar surface area (TPSA) is 40.5 Å². The summed E-state index contributed by atoms with van der Waals surface area (Å²) in [6, 6.07) is 7.88. The largest absolute Gasteiger partial charge is 0.384 e. The first-order chi connectivity index (χ1) is 7.20. The second-order valence-electron chi connectivity index (χ2n) is 3.90. The summed E-state index contributed by atoms with van der Waals surface area (Å²) < 4.78 is 0. The number of aliphatic hydroxyl groups is 1. The predicted molar refractivity (Wildman–Crippen MR) is 58.8 cm³/mol. The molecule has 3 nitrogen and oxygen atoms in total. The predicted octanol–water partition coefficient (Wildman–Crippen LogP) is 1.35. The van der Waals surface area contributed by atoms with Crippen molar-refractivity contribution in [3.63, 3.8) is 0 Å². The molecule has 1 N–H and O–H groups in total. The van der Waals surface area contributed by atoms with E-state index in [1.165, 1.54) is 12.5 Å². The van der Waals surface area contributed by atoms with E-state index in [2.05, 4.69) is 0 Å². The zero-order valence-electron chi connectivity index (χ0n) is 8.81. The lowest BCUT2D eigenvalue weighted by Gasteiger charge is -2.30. The Morgan fingerprint density at radius 3 is 2.93 bits per heavy atom. The Bertz CT molecular complexity index is 374. The number of para-hydroxylation sites is 1. The van der Waals surface area contributed by atoms with Gasteiger partial charge >= 0.3 is 0 Å². The summed E-state index contributed by atoms with van der Waals surface area (Å²) in [5.41, 5.74) is 2.15. The fourth-order valence-corrected chi connectivity index (χ4v) is 1.99. The van der Waals surface area contributed by atoms with Crippen LogP contribution in [0, 0.1) is 0 Å². The van der Waals surface area contributed by atoms with E-state index in [9.17, 15) is 9.90 Å². The second-order valence-corrected chi connectivity index (χ2v) is 3.90. The van der Waals surface area contributed by atoms with Crippen molar-refractivity contribution in [3.8, 4) is 0 Å². The van der Waals surface area contributed by atoms with Crippen LogP contribution in [0.1, 0.15) is 18.9 Å². The Morgan fingerprint density at radius 2 is 2.20 bits per heavy atom. The van der Waals surface area contributed by atoms with Crippen molar-refractivity contribution in [3.05, 3.63) is 29.8 Å². The van der Waals surface area contributed by atoms with Crippen LogP contribution >= 0.6 is 0 Å². The Balaban J connectivity index is 2.34. The molecule has 1 aliphatic heterocycles. The fraction of sp³-hybridized carbons (Fsp3) is 0.417. The lowest BCUT2D eigenvalue weighted by atomic mass is 10.0. The van der Waals surface area contributed by atoms with E-state index < -0.39 is 6.10 Å². The van der Waals surface area contributed by atoms with Gasteiger partial charge in [0, 0.05) is 12.2 Å².